The minimum absolute atomic E-state index is 1.31. The van der Waals surface area contributed by atoms with E-state index < -0.39 is 0 Å². The Hall–Kier alpha value is -2.08. The fourth-order valence-corrected chi connectivity index (χ4v) is 2.83. The molecular weight excluding hydrogens is 228 g/mol. The SMILES string of the molecule is Cc1cc(C)cc(-c2ccc(C)c3ccccc23)c1. The minimum Gasteiger partial charge on any atom is -0.0616 e. The van der Waals surface area contributed by atoms with Crippen molar-refractivity contribution in [2.24, 2.45) is 0 Å². The maximum absolute atomic E-state index is 2.27. The van der Waals surface area contributed by atoms with E-state index in [1.165, 1.54) is 38.6 Å². The van der Waals surface area contributed by atoms with E-state index in [-0.39, 0.29) is 0 Å². The van der Waals surface area contributed by atoms with Gasteiger partial charge in [-0.05, 0) is 48.2 Å². The number of hydrogen-bond donors (Lipinski definition) is 0. The normalized spacial score (nSPS) is 10.9. The topological polar surface area (TPSA) is 0 Å². The zero-order valence-electron chi connectivity index (χ0n) is 11.7. The fraction of sp³-hybridized carbons (Fsp3) is 0.158. The van der Waals surface area contributed by atoms with Gasteiger partial charge in [0.1, 0.15) is 0 Å². The Morgan fingerprint density at radius 3 is 1.95 bits per heavy atom. The molecular formula is C19H18. The summed E-state index contributed by atoms with van der Waals surface area (Å²) in [5.74, 6) is 0. The highest BCUT2D eigenvalue weighted by molar-refractivity contribution is 5.98. The van der Waals surface area contributed by atoms with Gasteiger partial charge in [-0.15, -0.1) is 0 Å². The van der Waals surface area contributed by atoms with Gasteiger partial charge < -0.3 is 0 Å². The lowest BCUT2D eigenvalue weighted by Crippen LogP contribution is -1.86. The van der Waals surface area contributed by atoms with E-state index >= 15 is 0 Å². The van der Waals surface area contributed by atoms with Crippen molar-refractivity contribution in [1.29, 1.82) is 0 Å². The van der Waals surface area contributed by atoms with Crippen LogP contribution in [-0.2, 0) is 0 Å². The van der Waals surface area contributed by atoms with Crippen LogP contribution in [0.15, 0.2) is 54.6 Å². The molecule has 0 aromatic heterocycles. The van der Waals surface area contributed by atoms with Crippen LogP contribution >= 0.6 is 0 Å². The summed E-state index contributed by atoms with van der Waals surface area (Å²) in [7, 11) is 0. The molecule has 0 saturated heterocycles. The van der Waals surface area contributed by atoms with E-state index in [9.17, 15) is 0 Å². The van der Waals surface area contributed by atoms with Gasteiger partial charge in [0.05, 0.1) is 0 Å². The van der Waals surface area contributed by atoms with Crippen LogP contribution in [-0.4, -0.2) is 0 Å². The maximum atomic E-state index is 2.27. The highest BCUT2D eigenvalue weighted by Crippen LogP contribution is 2.31. The molecule has 3 rings (SSSR count). The molecule has 94 valence electrons. The minimum atomic E-state index is 1.31. The molecule has 0 heterocycles. The first-order chi connectivity index (χ1) is 9.15. The second-order valence-corrected chi connectivity index (χ2v) is 5.35. The van der Waals surface area contributed by atoms with Crippen molar-refractivity contribution < 1.29 is 0 Å². The highest BCUT2D eigenvalue weighted by Gasteiger charge is 2.06. The number of aryl methyl sites for hydroxylation is 3. The molecule has 3 aromatic rings. The third-order valence-corrected chi connectivity index (χ3v) is 3.67. The predicted molar refractivity (Wildman–Crippen MR) is 83.6 cm³/mol. The van der Waals surface area contributed by atoms with Crippen molar-refractivity contribution in [2.45, 2.75) is 20.8 Å². The van der Waals surface area contributed by atoms with E-state index in [2.05, 4.69) is 75.4 Å². The Balaban J connectivity index is 2.34. The summed E-state index contributed by atoms with van der Waals surface area (Å²) in [4.78, 5) is 0. The van der Waals surface area contributed by atoms with Crippen molar-refractivity contribution in [3.05, 3.63) is 71.3 Å². The monoisotopic (exact) mass is 246 g/mol. The Kier molecular flexibility index (Phi) is 2.87. The van der Waals surface area contributed by atoms with Gasteiger partial charge in [0.25, 0.3) is 0 Å². The average Bonchev–Trinajstić information content (AvgIpc) is 2.38. The van der Waals surface area contributed by atoms with E-state index in [0.29, 0.717) is 0 Å². The van der Waals surface area contributed by atoms with Gasteiger partial charge in [-0.2, -0.15) is 0 Å². The van der Waals surface area contributed by atoms with Gasteiger partial charge in [-0.3, -0.25) is 0 Å². The van der Waals surface area contributed by atoms with Crippen LogP contribution in [0.1, 0.15) is 16.7 Å². The summed E-state index contributed by atoms with van der Waals surface area (Å²) < 4.78 is 0. The molecule has 19 heavy (non-hydrogen) atoms. The molecule has 0 amide bonds. The lowest BCUT2D eigenvalue weighted by atomic mass is 9.94. The predicted octanol–water partition coefficient (Wildman–Crippen LogP) is 5.43. The lowest BCUT2D eigenvalue weighted by molar-refractivity contribution is 1.38. The third-order valence-electron chi connectivity index (χ3n) is 3.67. The number of hydrogen-bond acceptors (Lipinski definition) is 0. The molecule has 0 radical (unpaired) electrons. The first kappa shape index (κ1) is 12.0. The number of fused-ring (bicyclic) bond motifs is 1. The molecule has 0 aliphatic rings. The molecule has 0 aliphatic carbocycles. The third kappa shape index (κ3) is 2.15. The van der Waals surface area contributed by atoms with E-state index in [0.717, 1.165) is 0 Å². The molecule has 0 aliphatic heterocycles. The van der Waals surface area contributed by atoms with Crippen LogP contribution in [0.3, 0.4) is 0 Å². The van der Waals surface area contributed by atoms with Gasteiger partial charge >= 0.3 is 0 Å². The fourth-order valence-electron chi connectivity index (χ4n) is 2.83. The lowest BCUT2D eigenvalue weighted by Gasteiger charge is -2.11. The van der Waals surface area contributed by atoms with Crippen LogP contribution < -0.4 is 0 Å². The second kappa shape index (κ2) is 4.55. The van der Waals surface area contributed by atoms with Gasteiger partial charge in [0, 0.05) is 0 Å². The molecule has 0 N–H and O–H groups in total. The first-order valence-electron chi connectivity index (χ1n) is 6.72. The second-order valence-electron chi connectivity index (χ2n) is 5.35. The highest BCUT2D eigenvalue weighted by atomic mass is 14.1. The molecule has 0 unspecified atom stereocenters. The summed E-state index contributed by atoms with van der Waals surface area (Å²) in [5.41, 5.74) is 6.62. The maximum Gasteiger partial charge on any atom is -0.0103 e. The standard InChI is InChI=1S/C19H18/c1-13-10-14(2)12-16(11-13)18-9-8-15(3)17-6-4-5-7-19(17)18/h4-12H,1-3H3. The van der Waals surface area contributed by atoms with E-state index in [1.807, 2.05) is 0 Å². The van der Waals surface area contributed by atoms with Gasteiger partial charge in [0.15, 0.2) is 0 Å². The van der Waals surface area contributed by atoms with Crippen LogP contribution in [0.25, 0.3) is 21.9 Å². The summed E-state index contributed by atoms with van der Waals surface area (Å²) in [5, 5.41) is 2.69. The quantitative estimate of drug-likeness (QED) is 0.537. The Morgan fingerprint density at radius 2 is 1.26 bits per heavy atom. The zero-order chi connectivity index (χ0) is 13.4. The smallest absolute Gasteiger partial charge is 0.0103 e. The van der Waals surface area contributed by atoms with E-state index in [1.54, 1.807) is 0 Å². The van der Waals surface area contributed by atoms with Crippen molar-refractivity contribution in [2.75, 3.05) is 0 Å². The van der Waals surface area contributed by atoms with Gasteiger partial charge in [-0.25, -0.2) is 0 Å². The van der Waals surface area contributed by atoms with Crippen LogP contribution in [0.5, 0.6) is 0 Å². The first-order valence-corrected chi connectivity index (χ1v) is 6.72. The molecule has 3 aromatic carbocycles. The van der Waals surface area contributed by atoms with E-state index in [4.69, 9.17) is 0 Å². The summed E-state index contributed by atoms with van der Waals surface area (Å²) in [6, 6.07) is 19.9. The zero-order valence-corrected chi connectivity index (χ0v) is 11.7. The summed E-state index contributed by atoms with van der Waals surface area (Å²) >= 11 is 0. The molecule has 0 nitrogen and oxygen atoms in total. The average molecular weight is 246 g/mol. The summed E-state index contributed by atoms with van der Waals surface area (Å²) in [6.07, 6.45) is 0. The van der Waals surface area contributed by atoms with Crippen LogP contribution in [0.2, 0.25) is 0 Å². The van der Waals surface area contributed by atoms with Crippen molar-refractivity contribution in [3.8, 4) is 11.1 Å². The number of benzene rings is 3. The van der Waals surface area contributed by atoms with Crippen molar-refractivity contribution >= 4 is 10.8 Å². The molecule has 0 spiro atoms. The molecule has 0 atom stereocenters. The Labute approximate surface area is 114 Å². The molecule has 0 saturated carbocycles. The van der Waals surface area contributed by atoms with Crippen LogP contribution in [0, 0.1) is 20.8 Å². The van der Waals surface area contributed by atoms with Gasteiger partial charge in [0.2, 0.25) is 0 Å². The largest absolute Gasteiger partial charge is 0.0616 e. The Bertz CT molecular complexity index is 731. The molecule has 0 heteroatoms. The van der Waals surface area contributed by atoms with Gasteiger partial charge in [-0.1, -0.05) is 65.7 Å². The van der Waals surface area contributed by atoms with Crippen molar-refractivity contribution in [3.63, 3.8) is 0 Å². The Morgan fingerprint density at radius 1 is 0.632 bits per heavy atom. The molecule has 0 bridgehead atoms. The number of rotatable bonds is 1. The van der Waals surface area contributed by atoms with Crippen molar-refractivity contribution in [1.82, 2.24) is 0 Å². The summed E-state index contributed by atoms with van der Waals surface area (Å²) in [6.45, 7) is 6.49. The molecule has 0 fully saturated rings. The van der Waals surface area contributed by atoms with Crippen LogP contribution in [0.4, 0.5) is 0 Å².